The molecule has 28 heavy (non-hydrogen) atoms. The van der Waals surface area contributed by atoms with E-state index in [1.807, 2.05) is 66.9 Å². The molecule has 3 nitrogen and oxygen atoms in total. The molecule has 0 fully saturated rings. The summed E-state index contributed by atoms with van der Waals surface area (Å²) in [5, 5.41) is 0.996. The number of hydrogen-bond acceptors (Lipinski definition) is 2. The molecule has 0 bridgehead atoms. The molecule has 1 heterocycles. The number of benzene rings is 3. The molecule has 0 radical (unpaired) electrons. The van der Waals surface area contributed by atoms with Crippen LogP contribution in [-0.2, 0) is 6.54 Å². The van der Waals surface area contributed by atoms with Crippen LogP contribution in [0.1, 0.15) is 27.9 Å². The van der Waals surface area contributed by atoms with E-state index in [1.165, 1.54) is 5.56 Å². The minimum atomic E-state index is 0.0615. The first-order valence-corrected chi connectivity index (χ1v) is 9.59. The first-order valence-electron chi connectivity index (χ1n) is 9.59. The molecule has 0 N–H and O–H groups in total. The van der Waals surface area contributed by atoms with Crippen LogP contribution in [0.3, 0.4) is 0 Å². The predicted octanol–water partition coefficient (Wildman–Crippen LogP) is 5.65. The van der Waals surface area contributed by atoms with E-state index in [0.717, 1.165) is 35.2 Å². The fourth-order valence-corrected chi connectivity index (χ4v) is 3.42. The molecule has 0 unspecified atom stereocenters. The second-order valence-corrected chi connectivity index (χ2v) is 6.96. The smallest absolute Gasteiger partial charge is 0.195 e. The number of aryl methyl sites for hydroxylation is 2. The van der Waals surface area contributed by atoms with Gasteiger partial charge in [-0.05, 0) is 31.5 Å². The lowest BCUT2D eigenvalue weighted by molar-refractivity contribution is 0.104. The van der Waals surface area contributed by atoms with Crippen molar-refractivity contribution in [1.29, 1.82) is 0 Å². The number of fused-ring (bicyclic) bond motifs is 1. The van der Waals surface area contributed by atoms with E-state index in [-0.39, 0.29) is 5.78 Å². The van der Waals surface area contributed by atoms with Crippen molar-refractivity contribution >= 4 is 16.7 Å². The van der Waals surface area contributed by atoms with Gasteiger partial charge in [0, 0.05) is 34.8 Å². The summed E-state index contributed by atoms with van der Waals surface area (Å²) in [5.74, 6) is 0.953. The van der Waals surface area contributed by atoms with Crippen molar-refractivity contribution in [2.75, 3.05) is 6.61 Å². The van der Waals surface area contributed by atoms with Gasteiger partial charge >= 0.3 is 0 Å². The number of ketones is 1. The molecule has 4 rings (SSSR count). The van der Waals surface area contributed by atoms with Gasteiger partial charge in [0.05, 0.1) is 6.61 Å². The molecule has 0 saturated carbocycles. The molecule has 3 heteroatoms. The van der Waals surface area contributed by atoms with Gasteiger partial charge < -0.3 is 9.30 Å². The number of rotatable bonds is 7. The first-order chi connectivity index (χ1) is 13.7. The standard InChI is InChI=1S/C25H23NO2/c1-19-12-14-21(15-13-19)28-17-7-16-26-18-23(22-10-5-6-11-24(22)26)25(27)20-8-3-2-4-9-20/h2-6,8-15,18H,7,16-17H2,1H3. The minimum Gasteiger partial charge on any atom is -0.494 e. The summed E-state index contributed by atoms with van der Waals surface area (Å²) in [7, 11) is 0. The summed E-state index contributed by atoms with van der Waals surface area (Å²) in [4.78, 5) is 13.0. The molecule has 3 aromatic carbocycles. The Hall–Kier alpha value is -3.33. The van der Waals surface area contributed by atoms with Gasteiger partial charge in [0.15, 0.2) is 5.78 Å². The molecule has 1 aromatic heterocycles. The molecule has 0 amide bonds. The second-order valence-electron chi connectivity index (χ2n) is 6.96. The third kappa shape index (κ3) is 3.84. The monoisotopic (exact) mass is 369 g/mol. The van der Waals surface area contributed by atoms with E-state index in [2.05, 4.69) is 29.7 Å². The Morgan fingerprint density at radius 1 is 0.893 bits per heavy atom. The minimum absolute atomic E-state index is 0.0615. The molecule has 0 spiro atoms. The molecule has 0 aliphatic carbocycles. The summed E-state index contributed by atoms with van der Waals surface area (Å²) < 4.78 is 7.99. The van der Waals surface area contributed by atoms with Gasteiger partial charge in [0.25, 0.3) is 0 Å². The van der Waals surface area contributed by atoms with E-state index in [1.54, 1.807) is 0 Å². The highest BCUT2D eigenvalue weighted by molar-refractivity contribution is 6.16. The molecular formula is C25H23NO2. The number of ether oxygens (including phenoxy) is 1. The van der Waals surface area contributed by atoms with Crippen LogP contribution in [0.25, 0.3) is 10.9 Å². The first kappa shape index (κ1) is 18.1. The van der Waals surface area contributed by atoms with Gasteiger partial charge in [-0.25, -0.2) is 0 Å². The second kappa shape index (κ2) is 8.13. The van der Waals surface area contributed by atoms with Crippen LogP contribution in [0.5, 0.6) is 5.75 Å². The highest BCUT2D eigenvalue weighted by Gasteiger charge is 2.16. The quantitative estimate of drug-likeness (QED) is 0.311. The van der Waals surface area contributed by atoms with Crippen molar-refractivity contribution in [2.45, 2.75) is 19.9 Å². The third-order valence-electron chi connectivity index (χ3n) is 4.90. The number of para-hydroxylation sites is 1. The van der Waals surface area contributed by atoms with Crippen molar-refractivity contribution in [1.82, 2.24) is 4.57 Å². The highest BCUT2D eigenvalue weighted by atomic mass is 16.5. The molecule has 0 atom stereocenters. The lowest BCUT2D eigenvalue weighted by Gasteiger charge is -2.08. The van der Waals surface area contributed by atoms with Crippen molar-refractivity contribution in [2.24, 2.45) is 0 Å². The maximum Gasteiger partial charge on any atom is 0.195 e. The van der Waals surface area contributed by atoms with Crippen LogP contribution in [0, 0.1) is 6.92 Å². The van der Waals surface area contributed by atoms with Crippen molar-refractivity contribution in [3.63, 3.8) is 0 Å². The Balaban J connectivity index is 1.50. The lowest BCUT2D eigenvalue weighted by atomic mass is 10.0. The van der Waals surface area contributed by atoms with E-state index < -0.39 is 0 Å². The fraction of sp³-hybridized carbons (Fsp3) is 0.160. The fourth-order valence-electron chi connectivity index (χ4n) is 3.42. The van der Waals surface area contributed by atoms with E-state index in [4.69, 9.17) is 4.74 Å². The van der Waals surface area contributed by atoms with Crippen LogP contribution < -0.4 is 4.74 Å². The van der Waals surface area contributed by atoms with Crippen LogP contribution in [0.15, 0.2) is 85.1 Å². The van der Waals surface area contributed by atoms with Gasteiger partial charge in [-0.2, -0.15) is 0 Å². The largest absolute Gasteiger partial charge is 0.494 e. The Kier molecular flexibility index (Phi) is 5.24. The average Bonchev–Trinajstić information content (AvgIpc) is 3.11. The number of hydrogen-bond donors (Lipinski definition) is 0. The van der Waals surface area contributed by atoms with E-state index in [0.29, 0.717) is 12.2 Å². The maximum absolute atomic E-state index is 13.0. The molecule has 0 aliphatic rings. The molecule has 0 aliphatic heterocycles. The van der Waals surface area contributed by atoms with Gasteiger partial charge in [0.1, 0.15) is 5.75 Å². The topological polar surface area (TPSA) is 31.2 Å². The number of carbonyl (C=O) groups is 1. The zero-order valence-electron chi connectivity index (χ0n) is 16.0. The zero-order chi connectivity index (χ0) is 19.3. The van der Waals surface area contributed by atoms with Gasteiger partial charge in [-0.15, -0.1) is 0 Å². The van der Waals surface area contributed by atoms with E-state index in [9.17, 15) is 4.79 Å². The SMILES string of the molecule is Cc1ccc(OCCCn2cc(C(=O)c3ccccc3)c3ccccc32)cc1. The Labute approximate surface area is 165 Å². The van der Waals surface area contributed by atoms with Gasteiger partial charge in [-0.1, -0.05) is 66.2 Å². The molecule has 140 valence electrons. The number of nitrogens with zero attached hydrogens (tertiary/aromatic N) is 1. The van der Waals surface area contributed by atoms with Crippen molar-refractivity contribution < 1.29 is 9.53 Å². The molecular weight excluding hydrogens is 346 g/mol. The third-order valence-corrected chi connectivity index (χ3v) is 4.90. The molecule has 0 saturated heterocycles. The Bertz CT molecular complexity index is 1080. The van der Waals surface area contributed by atoms with Gasteiger partial charge in [0.2, 0.25) is 0 Å². The van der Waals surface area contributed by atoms with Crippen LogP contribution in [-0.4, -0.2) is 17.0 Å². The van der Waals surface area contributed by atoms with Crippen LogP contribution in [0.2, 0.25) is 0 Å². The highest BCUT2D eigenvalue weighted by Crippen LogP contribution is 2.24. The maximum atomic E-state index is 13.0. The summed E-state index contributed by atoms with van der Waals surface area (Å²) in [5.41, 5.74) is 3.77. The van der Waals surface area contributed by atoms with E-state index >= 15 is 0 Å². The predicted molar refractivity (Wildman–Crippen MR) is 113 cm³/mol. The normalized spacial score (nSPS) is 10.9. The van der Waals surface area contributed by atoms with Crippen molar-refractivity contribution in [3.05, 3.63) is 102 Å². The Morgan fingerprint density at radius 2 is 1.61 bits per heavy atom. The van der Waals surface area contributed by atoms with Crippen molar-refractivity contribution in [3.8, 4) is 5.75 Å². The number of carbonyl (C=O) groups excluding carboxylic acids is 1. The summed E-state index contributed by atoms with van der Waals surface area (Å²) in [6.07, 6.45) is 2.84. The summed E-state index contributed by atoms with van der Waals surface area (Å²) >= 11 is 0. The van der Waals surface area contributed by atoms with Crippen LogP contribution >= 0.6 is 0 Å². The lowest BCUT2D eigenvalue weighted by Crippen LogP contribution is -2.04. The average molecular weight is 369 g/mol. The summed E-state index contributed by atoms with van der Waals surface area (Å²) in [6, 6.07) is 25.6. The van der Waals surface area contributed by atoms with Crippen LogP contribution in [0.4, 0.5) is 0 Å². The zero-order valence-corrected chi connectivity index (χ0v) is 16.0. The van der Waals surface area contributed by atoms with Gasteiger partial charge in [-0.3, -0.25) is 4.79 Å². The summed E-state index contributed by atoms with van der Waals surface area (Å²) in [6.45, 7) is 3.50. The number of aromatic nitrogens is 1. The Morgan fingerprint density at radius 3 is 2.39 bits per heavy atom. The molecule has 4 aromatic rings.